The molecule has 9 N–H and O–H groups in total. The van der Waals surface area contributed by atoms with Crippen LogP contribution >= 0.6 is 12.6 Å². The number of phenolic OH excluding ortho intramolecular Hbond substituents is 1. The van der Waals surface area contributed by atoms with Gasteiger partial charge in [-0.2, -0.15) is 12.6 Å². The molecule has 0 saturated carbocycles. The number of carbonyl (C=O) groups excluding carboxylic acids is 4. The zero-order valence-corrected chi connectivity index (χ0v) is 18.2. The molecule has 0 aromatic heterocycles. The Labute approximate surface area is 189 Å². The van der Waals surface area contributed by atoms with E-state index in [4.69, 9.17) is 11.5 Å². The third-order valence-corrected chi connectivity index (χ3v) is 4.62. The second-order valence-corrected chi connectivity index (χ2v) is 7.40. The van der Waals surface area contributed by atoms with E-state index in [1.54, 1.807) is 0 Å². The van der Waals surface area contributed by atoms with Crippen LogP contribution in [0, 0.1) is 0 Å². The van der Waals surface area contributed by atoms with Gasteiger partial charge in [0.05, 0.1) is 12.5 Å². The van der Waals surface area contributed by atoms with Gasteiger partial charge in [0.25, 0.3) is 0 Å². The van der Waals surface area contributed by atoms with Crippen molar-refractivity contribution in [3.8, 4) is 5.75 Å². The standard InChI is InChI=1S/C19H27N5O7S/c1-9(20)16(27)22-12(7-15(21)26)17(28)24-14(8-32)18(29)23-13(19(30)31)6-10-2-4-11(25)5-3-10/h2-5,9,12-14,25,32H,6-8,20H2,1H3,(H2,21,26)(H,22,27)(H,23,29)(H,24,28)(H,30,31). The lowest BCUT2D eigenvalue weighted by atomic mass is 10.1. The zero-order chi connectivity index (χ0) is 24.4. The van der Waals surface area contributed by atoms with Crippen LogP contribution in [0.2, 0.25) is 0 Å². The summed E-state index contributed by atoms with van der Waals surface area (Å²) in [4.78, 5) is 59.7. The number of aliphatic carboxylic acids is 1. The van der Waals surface area contributed by atoms with Crippen molar-refractivity contribution in [2.24, 2.45) is 11.5 Å². The first-order valence-corrected chi connectivity index (χ1v) is 10.1. The highest BCUT2D eigenvalue weighted by atomic mass is 32.1. The molecule has 0 bridgehead atoms. The summed E-state index contributed by atoms with van der Waals surface area (Å²) in [5, 5.41) is 25.6. The maximum absolute atomic E-state index is 12.6. The van der Waals surface area contributed by atoms with Crippen LogP contribution in [-0.2, 0) is 30.4 Å². The van der Waals surface area contributed by atoms with E-state index in [1.807, 2.05) is 0 Å². The van der Waals surface area contributed by atoms with E-state index in [-0.39, 0.29) is 17.9 Å². The second kappa shape index (κ2) is 12.5. The zero-order valence-electron chi connectivity index (χ0n) is 17.3. The van der Waals surface area contributed by atoms with Crippen molar-refractivity contribution in [2.75, 3.05) is 5.75 Å². The van der Waals surface area contributed by atoms with E-state index in [0.717, 1.165) is 0 Å². The molecule has 12 nitrogen and oxygen atoms in total. The summed E-state index contributed by atoms with van der Waals surface area (Å²) in [5.41, 5.74) is 11.1. The van der Waals surface area contributed by atoms with Crippen molar-refractivity contribution in [3.05, 3.63) is 29.8 Å². The number of nitrogens with two attached hydrogens (primary N) is 2. The SMILES string of the molecule is CC(N)C(=O)NC(CC(N)=O)C(=O)NC(CS)C(=O)NC(Cc1ccc(O)cc1)C(=O)O. The lowest BCUT2D eigenvalue weighted by Gasteiger charge is -2.23. The number of carboxylic acids is 1. The molecule has 0 heterocycles. The lowest BCUT2D eigenvalue weighted by molar-refractivity contribution is -0.142. The number of nitrogens with one attached hydrogen (secondary N) is 3. The Morgan fingerprint density at radius 1 is 0.938 bits per heavy atom. The van der Waals surface area contributed by atoms with Crippen LogP contribution in [0.3, 0.4) is 0 Å². The van der Waals surface area contributed by atoms with Crippen LogP contribution in [0.15, 0.2) is 24.3 Å². The largest absolute Gasteiger partial charge is 0.508 e. The van der Waals surface area contributed by atoms with Gasteiger partial charge in [0, 0.05) is 12.2 Å². The maximum Gasteiger partial charge on any atom is 0.326 e. The van der Waals surface area contributed by atoms with Crippen LogP contribution < -0.4 is 27.4 Å². The summed E-state index contributed by atoms with van der Waals surface area (Å²) in [6, 6.07) is 0.826. The summed E-state index contributed by atoms with van der Waals surface area (Å²) >= 11 is 4.01. The Kier molecular flexibility index (Phi) is 10.4. The summed E-state index contributed by atoms with van der Waals surface area (Å²) in [7, 11) is 0. The van der Waals surface area contributed by atoms with Crippen molar-refractivity contribution < 1.29 is 34.2 Å². The fourth-order valence-corrected chi connectivity index (χ4v) is 2.78. The fourth-order valence-electron chi connectivity index (χ4n) is 2.52. The monoisotopic (exact) mass is 469 g/mol. The molecule has 1 rings (SSSR count). The van der Waals surface area contributed by atoms with Gasteiger partial charge in [-0.25, -0.2) is 4.79 Å². The molecule has 4 atom stereocenters. The third-order valence-electron chi connectivity index (χ3n) is 4.26. The van der Waals surface area contributed by atoms with Crippen molar-refractivity contribution in [3.63, 3.8) is 0 Å². The van der Waals surface area contributed by atoms with Gasteiger partial charge >= 0.3 is 5.97 Å². The van der Waals surface area contributed by atoms with E-state index < -0.39 is 60.2 Å². The van der Waals surface area contributed by atoms with Gasteiger partial charge in [-0.15, -0.1) is 0 Å². The van der Waals surface area contributed by atoms with Crippen molar-refractivity contribution in [2.45, 2.75) is 43.9 Å². The molecule has 0 aliphatic rings. The van der Waals surface area contributed by atoms with E-state index in [1.165, 1.54) is 31.2 Å². The molecule has 0 fully saturated rings. The van der Waals surface area contributed by atoms with Crippen molar-refractivity contribution in [1.82, 2.24) is 16.0 Å². The molecule has 1 aromatic rings. The molecular weight excluding hydrogens is 442 g/mol. The summed E-state index contributed by atoms with van der Waals surface area (Å²) in [6.45, 7) is 1.37. The highest BCUT2D eigenvalue weighted by Gasteiger charge is 2.30. The Bertz CT molecular complexity index is 847. The van der Waals surface area contributed by atoms with Gasteiger partial charge in [0.15, 0.2) is 0 Å². The summed E-state index contributed by atoms with van der Waals surface area (Å²) in [5.74, 6) is -4.82. The second-order valence-electron chi connectivity index (χ2n) is 7.03. The number of benzene rings is 1. The van der Waals surface area contributed by atoms with Crippen LogP contribution in [-0.4, -0.2) is 69.7 Å². The van der Waals surface area contributed by atoms with Crippen LogP contribution in [0.5, 0.6) is 5.75 Å². The number of rotatable bonds is 12. The topological polar surface area (TPSA) is 214 Å². The van der Waals surface area contributed by atoms with Gasteiger partial charge in [-0.1, -0.05) is 12.1 Å². The first-order chi connectivity index (χ1) is 14.9. The molecule has 4 amide bonds. The van der Waals surface area contributed by atoms with Crippen LogP contribution in [0.4, 0.5) is 0 Å². The third kappa shape index (κ3) is 8.81. The highest BCUT2D eigenvalue weighted by molar-refractivity contribution is 7.80. The number of thiol groups is 1. The molecule has 0 aliphatic heterocycles. The molecule has 1 aromatic carbocycles. The van der Waals surface area contributed by atoms with Crippen LogP contribution in [0.25, 0.3) is 0 Å². The van der Waals surface area contributed by atoms with Gasteiger partial charge < -0.3 is 37.6 Å². The number of phenols is 1. The van der Waals surface area contributed by atoms with Crippen LogP contribution in [0.1, 0.15) is 18.9 Å². The van der Waals surface area contributed by atoms with E-state index >= 15 is 0 Å². The highest BCUT2D eigenvalue weighted by Crippen LogP contribution is 2.11. The van der Waals surface area contributed by atoms with E-state index in [9.17, 15) is 34.2 Å². The number of aromatic hydroxyl groups is 1. The minimum Gasteiger partial charge on any atom is -0.508 e. The average molecular weight is 470 g/mol. The molecule has 13 heteroatoms. The fraction of sp³-hybridized carbons (Fsp3) is 0.421. The molecule has 0 aliphatic carbocycles. The van der Waals surface area contributed by atoms with Gasteiger partial charge in [0.1, 0.15) is 23.9 Å². The first-order valence-electron chi connectivity index (χ1n) is 9.51. The minimum atomic E-state index is -1.38. The Morgan fingerprint density at radius 3 is 1.91 bits per heavy atom. The number of hydrogen-bond acceptors (Lipinski definition) is 8. The number of hydrogen-bond donors (Lipinski definition) is 8. The summed E-state index contributed by atoms with van der Waals surface area (Å²) in [6.07, 6.45) is -0.618. The van der Waals surface area contributed by atoms with Gasteiger partial charge in [0.2, 0.25) is 23.6 Å². The van der Waals surface area contributed by atoms with E-state index in [0.29, 0.717) is 5.56 Å². The number of amides is 4. The predicted octanol–water partition coefficient (Wildman–Crippen LogP) is -2.37. The molecule has 0 saturated heterocycles. The maximum atomic E-state index is 12.6. The summed E-state index contributed by atoms with van der Waals surface area (Å²) < 4.78 is 0. The number of carbonyl (C=O) groups is 5. The Hall–Kier alpha value is -3.32. The molecule has 0 spiro atoms. The van der Waals surface area contributed by atoms with Crippen molar-refractivity contribution in [1.29, 1.82) is 0 Å². The quantitative estimate of drug-likeness (QED) is 0.154. The Balaban J connectivity index is 2.87. The molecule has 4 unspecified atom stereocenters. The normalized spacial score (nSPS) is 14.3. The van der Waals surface area contributed by atoms with E-state index in [2.05, 4.69) is 28.6 Å². The lowest BCUT2D eigenvalue weighted by Crippen LogP contribution is -2.58. The molecule has 32 heavy (non-hydrogen) atoms. The minimum absolute atomic E-state index is 0.00384. The molecule has 176 valence electrons. The van der Waals surface area contributed by atoms with Gasteiger partial charge in [-0.05, 0) is 24.6 Å². The van der Waals surface area contributed by atoms with Crippen molar-refractivity contribution >= 4 is 42.2 Å². The van der Waals surface area contributed by atoms with Gasteiger partial charge in [-0.3, -0.25) is 19.2 Å². The number of primary amides is 1. The molecular formula is C19H27N5O7S. The Morgan fingerprint density at radius 2 is 1.44 bits per heavy atom. The first kappa shape index (κ1) is 26.7. The molecule has 0 radical (unpaired) electrons. The smallest absolute Gasteiger partial charge is 0.326 e. The number of carboxylic acid groups (broad SMARTS) is 1. The average Bonchev–Trinajstić information content (AvgIpc) is 2.71. The predicted molar refractivity (Wildman–Crippen MR) is 117 cm³/mol.